The van der Waals surface area contributed by atoms with Gasteiger partial charge in [0.1, 0.15) is 0 Å². The Bertz CT molecular complexity index is 622. The Kier molecular flexibility index (Phi) is 4.12. The van der Waals surface area contributed by atoms with Crippen LogP contribution in [0.5, 0.6) is 0 Å². The third-order valence-corrected chi connectivity index (χ3v) is 4.94. The first-order valence-electron chi connectivity index (χ1n) is 6.33. The van der Waals surface area contributed by atoms with Crippen molar-refractivity contribution >= 4 is 16.0 Å². The summed E-state index contributed by atoms with van der Waals surface area (Å²) in [6.45, 7) is 1.54. The van der Waals surface area contributed by atoms with Gasteiger partial charge in [0.25, 0.3) is 0 Å². The lowest BCUT2D eigenvalue weighted by atomic mass is 10.1. The van der Waals surface area contributed by atoms with E-state index in [0.717, 1.165) is 18.9 Å². The molecule has 110 valence electrons. The first kappa shape index (κ1) is 15.0. The largest absolute Gasteiger partial charge is 0.478 e. The molecule has 0 aliphatic heterocycles. The van der Waals surface area contributed by atoms with Crippen LogP contribution in [0.2, 0.25) is 0 Å². The zero-order chi connectivity index (χ0) is 14.9. The molecule has 3 N–H and O–H groups in total. The molecule has 0 radical (unpaired) electrons. The lowest BCUT2D eigenvalue weighted by molar-refractivity contribution is 0.0696. The van der Waals surface area contributed by atoms with E-state index in [1.807, 2.05) is 0 Å². The number of aliphatic hydroxyl groups excluding tert-OH is 1. The zero-order valence-corrected chi connectivity index (χ0v) is 11.9. The van der Waals surface area contributed by atoms with Crippen LogP contribution < -0.4 is 4.72 Å². The van der Waals surface area contributed by atoms with Gasteiger partial charge in [-0.05, 0) is 43.4 Å². The molecule has 1 aromatic rings. The average Bonchev–Trinajstić information content (AvgIpc) is 3.20. The fourth-order valence-electron chi connectivity index (χ4n) is 1.94. The van der Waals surface area contributed by atoms with Crippen LogP contribution >= 0.6 is 0 Å². The molecule has 1 aliphatic rings. The van der Waals surface area contributed by atoms with E-state index in [2.05, 4.69) is 4.72 Å². The molecule has 0 amide bonds. The minimum Gasteiger partial charge on any atom is -0.478 e. The van der Waals surface area contributed by atoms with Crippen molar-refractivity contribution in [3.63, 3.8) is 0 Å². The lowest BCUT2D eigenvalue weighted by Gasteiger charge is -2.13. The number of aliphatic hydroxyl groups is 1. The summed E-state index contributed by atoms with van der Waals surface area (Å²) in [6, 6.07) is 3.94. The van der Waals surface area contributed by atoms with Crippen molar-refractivity contribution < 1.29 is 23.4 Å². The molecular formula is C13H17NO5S. The summed E-state index contributed by atoms with van der Waals surface area (Å²) in [5.41, 5.74) is 0.377. The molecule has 20 heavy (non-hydrogen) atoms. The Hall–Kier alpha value is -1.44. The van der Waals surface area contributed by atoms with Crippen molar-refractivity contribution in [2.45, 2.75) is 30.8 Å². The second-order valence-electron chi connectivity index (χ2n) is 5.04. The molecule has 2 rings (SSSR count). The fourth-order valence-corrected chi connectivity index (χ4v) is 3.26. The SMILES string of the molecule is Cc1ccc(C(=O)O)cc1S(=O)(=O)NCC(O)C1CC1. The van der Waals surface area contributed by atoms with Crippen molar-refractivity contribution in [2.24, 2.45) is 5.92 Å². The van der Waals surface area contributed by atoms with E-state index in [4.69, 9.17) is 5.11 Å². The lowest BCUT2D eigenvalue weighted by Crippen LogP contribution is -2.33. The number of carboxylic acid groups (broad SMARTS) is 1. The number of benzene rings is 1. The second kappa shape index (κ2) is 5.51. The molecule has 6 nitrogen and oxygen atoms in total. The molecule has 1 aliphatic carbocycles. The van der Waals surface area contributed by atoms with E-state index in [1.165, 1.54) is 12.1 Å². The number of carboxylic acids is 1. The number of hydrogen-bond acceptors (Lipinski definition) is 4. The Morgan fingerprint density at radius 3 is 2.65 bits per heavy atom. The van der Waals surface area contributed by atoms with Gasteiger partial charge in [0, 0.05) is 6.54 Å². The van der Waals surface area contributed by atoms with Crippen molar-refractivity contribution in [2.75, 3.05) is 6.54 Å². The number of nitrogens with one attached hydrogen (secondary N) is 1. The topological polar surface area (TPSA) is 104 Å². The number of aromatic carboxylic acids is 1. The molecular weight excluding hydrogens is 282 g/mol. The van der Waals surface area contributed by atoms with Crippen LogP contribution in [0.3, 0.4) is 0 Å². The van der Waals surface area contributed by atoms with Gasteiger partial charge >= 0.3 is 5.97 Å². The predicted octanol–water partition coefficient (Wildman–Crippen LogP) is 0.742. The highest BCUT2D eigenvalue weighted by atomic mass is 32.2. The third-order valence-electron chi connectivity index (χ3n) is 3.37. The van der Waals surface area contributed by atoms with Gasteiger partial charge in [0.05, 0.1) is 16.6 Å². The van der Waals surface area contributed by atoms with Gasteiger partial charge in [-0.15, -0.1) is 0 Å². The highest BCUT2D eigenvalue weighted by molar-refractivity contribution is 7.89. The second-order valence-corrected chi connectivity index (χ2v) is 6.78. The third kappa shape index (κ3) is 3.36. The Morgan fingerprint density at radius 1 is 1.45 bits per heavy atom. The molecule has 1 atom stereocenters. The standard InChI is InChI=1S/C13H17NO5S/c1-8-2-3-10(13(16)17)6-12(8)20(18,19)14-7-11(15)9-4-5-9/h2-3,6,9,11,14-15H,4-5,7H2,1H3,(H,16,17). The van der Waals surface area contributed by atoms with Crippen molar-refractivity contribution in [1.82, 2.24) is 4.72 Å². The summed E-state index contributed by atoms with van der Waals surface area (Å²) in [4.78, 5) is 10.8. The number of rotatable bonds is 6. The molecule has 0 heterocycles. The van der Waals surface area contributed by atoms with Gasteiger partial charge in [0.2, 0.25) is 10.0 Å². The highest BCUT2D eigenvalue weighted by Gasteiger charge is 2.30. The summed E-state index contributed by atoms with van der Waals surface area (Å²) in [6.07, 6.45) is 1.14. The van der Waals surface area contributed by atoms with E-state index in [0.29, 0.717) is 5.56 Å². The maximum Gasteiger partial charge on any atom is 0.335 e. The van der Waals surface area contributed by atoms with Gasteiger partial charge in [0.15, 0.2) is 0 Å². The van der Waals surface area contributed by atoms with E-state index in [-0.39, 0.29) is 22.9 Å². The van der Waals surface area contributed by atoms with Crippen LogP contribution in [0.4, 0.5) is 0 Å². The maximum atomic E-state index is 12.2. The van der Waals surface area contributed by atoms with Crippen LogP contribution in [-0.2, 0) is 10.0 Å². The molecule has 0 saturated heterocycles. The number of carbonyl (C=O) groups is 1. The Labute approximate surface area is 117 Å². The molecule has 0 spiro atoms. The molecule has 1 aromatic carbocycles. The number of sulfonamides is 1. The van der Waals surface area contributed by atoms with Gasteiger partial charge in [-0.1, -0.05) is 6.07 Å². The normalized spacial score (nSPS) is 16.9. The van der Waals surface area contributed by atoms with Crippen LogP contribution in [0.25, 0.3) is 0 Å². The number of aryl methyl sites for hydroxylation is 1. The van der Waals surface area contributed by atoms with Gasteiger partial charge in [-0.3, -0.25) is 0 Å². The Morgan fingerprint density at radius 2 is 2.10 bits per heavy atom. The van der Waals surface area contributed by atoms with E-state index in [9.17, 15) is 18.3 Å². The Balaban J connectivity index is 2.19. The van der Waals surface area contributed by atoms with E-state index in [1.54, 1.807) is 6.92 Å². The molecule has 0 bridgehead atoms. The molecule has 0 aromatic heterocycles. The van der Waals surface area contributed by atoms with Gasteiger partial charge < -0.3 is 10.2 Å². The van der Waals surface area contributed by atoms with E-state index < -0.39 is 22.1 Å². The molecule has 1 unspecified atom stereocenters. The van der Waals surface area contributed by atoms with Crippen molar-refractivity contribution in [1.29, 1.82) is 0 Å². The highest BCUT2D eigenvalue weighted by Crippen LogP contribution is 2.32. The minimum absolute atomic E-state index is 0.0518. The summed E-state index contributed by atoms with van der Waals surface area (Å²) < 4.78 is 26.7. The number of hydrogen-bond donors (Lipinski definition) is 3. The quantitative estimate of drug-likeness (QED) is 0.719. The van der Waals surface area contributed by atoms with Crippen molar-refractivity contribution in [3.8, 4) is 0 Å². The monoisotopic (exact) mass is 299 g/mol. The van der Waals surface area contributed by atoms with E-state index >= 15 is 0 Å². The molecule has 1 fully saturated rings. The average molecular weight is 299 g/mol. The van der Waals surface area contributed by atoms with Crippen LogP contribution in [-0.4, -0.2) is 37.2 Å². The van der Waals surface area contributed by atoms with Crippen LogP contribution in [0, 0.1) is 12.8 Å². The first-order valence-corrected chi connectivity index (χ1v) is 7.81. The van der Waals surface area contributed by atoms with Crippen LogP contribution in [0.1, 0.15) is 28.8 Å². The molecule has 1 saturated carbocycles. The fraction of sp³-hybridized carbons (Fsp3) is 0.462. The zero-order valence-electron chi connectivity index (χ0n) is 11.0. The smallest absolute Gasteiger partial charge is 0.335 e. The first-order chi connectivity index (χ1) is 9.31. The summed E-state index contributed by atoms with van der Waals surface area (Å²) in [5, 5.41) is 18.6. The summed E-state index contributed by atoms with van der Waals surface area (Å²) in [7, 11) is -3.82. The predicted molar refractivity (Wildman–Crippen MR) is 72.1 cm³/mol. The molecule has 7 heteroatoms. The van der Waals surface area contributed by atoms with Gasteiger partial charge in [-0.25, -0.2) is 17.9 Å². The summed E-state index contributed by atoms with van der Waals surface area (Å²) >= 11 is 0. The van der Waals surface area contributed by atoms with Crippen LogP contribution in [0.15, 0.2) is 23.1 Å². The van der Waals surface area contributed by atoms with Gasteiger partial charge in [-0.2, -0.15) is 0 Å². The van der Waals surface area contributed by atoms with Crippen molar-refractivity contribution in [3.05, 3.63) is 29.3 Å². The maximum absolute atomic E-state index is 12.2. The minimum atomic E-state index is -3.82. The summed E-state index contributed by atoms with van der Waals surface area (Å²) in [5.74, 6) is -1.01.